The quantitative estimate of drug-likeness (QED) is 0.413. The Morgan fingerprint density at radius 1 is 1.04 bits per heavy atom. The van der Waals surface area contributed by atoms with E-state index in [4.69, 9.17) is 0 Å². The van der Waals surface area contributed by atoms with Crippen molar-refractivity contribution in [3.8, 4) is 0 Å². The van der Waals surface area contributed by atoms with Crippen molar-refractivity contribution in [3.63, 3.8) is 0 Å². The van der Waals surface area contributed by atoms with Gasteiger partial charge in [-0.1, -0.05) is 0 Å². The van der Waals surface area contributed by atoms with E-state index in [0.717, 1.165) is 6.08 Å². The number of hydrogen-bond donors (Lipinski definition) is 3. The number of benzene rings is 1. The van der Waals surface area contributed by atoms with E-state index in [1.165, 1.54) is 20.3 Å². The fourth-order valence-corrected chi connectivity index (χ4v) is 1.99. The molecular formula is C15H15N3O6. The van der Waals surface area contributed by atoms with Crippen LogP contribution >= 0.6 is 0 Å². The number of esters is 2. The number of anilines is 1. The molecule has 0 bridgehead atoms. The first-order chi connectivity index (χ1) is 11.3. The second-order valence-corrected chi connectivity index (χ2v) is 4.82. The van der Waals surface area contributed by atoms with Gasteiger partial charge in [0.25, 0.3) is 0 Å². The number of aromatic amines is 2. The zero-order valence-corrected chi connectivity index (χ0v) is 13.2. The van der Waals surface area contributed by atoms with Crippen LogP contribution in [-0.4, -0.2) is 36.1 Å². The molecule has 0 unspecified atom stereocenters. The Morgan fingerprint density at radius 3 is 2.17 bits per heavy atom. The van der Waals surface area contributed by atoms with Crippen LogP contribution in [0.25, 0.3) is 11.0 Å². The van der Waals surface area contributed by atoms with Crippen LogP contribution < -0.4 is 16.4 Å². The smallest absolute Gasteiger partial charge is 0.354 e. The molecule has 1 heterocycles. The van der Waals surface area contributed by atoms with E-state index >= 15 is 0 Å². The molecule has 0 aliphatic heterocycles. The van der Waals surface area contributed by atoms with E-state index < -0.39 is 23.1 Å². The summed E-state index contributed by atoms with van der Waals surface area (Å²) in [6.45, 7) is 1.72. The molecule has 1 aromatic heterocycles. The molecule has 1 aromatic carbocycles. The molecule has 2 aromatic rings. The van der Waals surface area contributed by atoms with Gasteiger partial charge in [-0.15, -0.1) is 0 Å². The minimum atomic E-state index is -0.796. The van der Waals surface area contributed by atoms with Crippen LogP contribution in [-0.2, 0) is 19.1 Å². The first-order valence-corrected chi connectivity index (χ1v) is 6.77. The van der Waals surface area contributed by atoms with Gasteiger partial charge in [-0.05, 0) is 24.6 Å². The first kappa shape index (κ1) is 17.0. The molecule has 0 spiro atoms. The molecule has 0 saturated heterocycles. The third-order valence-electron chi connectivity index (χ3n) is 3.21. The van der Waals surface area contributed by atoms with Gasteiger partial charge in [-0.2, -0.15) is 0 Å². The van der Waals surface area contributed by atoms with Crippen molar-refractivity contribution in [2.75, 3.05) is 19.5 Å². The molecule has 0 amide bonds. The summed E-state index contributed by atoms with van der Waals surface area (Å²) in [5, 5.41) is 2.76. The van der Waals surface area contributed by atoms with Gasteiger partial charge < -0.3 is 24.8 Å². The number of aromatic nitrogens is 2. The van der Waals surface area contributed by atoms with Gasteiger partial charge in [-0.3, -0.25) is 9.59 Å². The van der Waals surface area contributed by atoms with Crippen LogP contribution in [0.1, 0.15) is 5.56 Å². The highest BCUT2D eigenvalue weighted by Crippen LogP contribution is 2.21. The molecule has 9 heteroatoms. The zero-order valence-electron chi connectivity index (χ0n) is 13.2. The van der Waals surface area contributed by atoms with Gasteiger partial charge >= 0.3 is 23.1 Å². The van der Waals surface area contributed by atoms with Gasteiger partial charge in [0.2, 0.25) is 0 Å². The van der Waals surface area contributed by atoms with E-state index in [1.54, 1.807) is 13.0 Å². The topological polar surface area (TPSA) is 130 Å². The van der Waals surface area contributed by atoms with E-state index in [1.807, 2.05) is 0 Å². The molecule has 0 radical (unpaired) electrons. The summed E-state index contributed by atoms with van der Waals surface area (Å²) in [6.07, 6.45) is 0.949. The summed E-state index contributed by atoms with van der Waals surface area (Å²) in [7, 11) is 2.35. The van der Waals surface area contributed by atoms with Crippen molar-refractivity contribution in [1.82, 2.24) is 9.97 Å². The van der Waals surface area contributed by atoms with Gasteiger partial charge in [0.15, 0.2) is 0 Å². The Kier molecular flexibility index (Phi) is 4.83. The number of carbonyl (C=O) groups is 2. The number of fused-ring (bicyclic) bond motifs is 1. The monoisotopic (exact) mass is 333 g/mol. The molecule has 0 saturated carbocycles. The summed E-state index contributed by atoms with van der Waals surface area (Å²) < 4.78 is 9.10. The van der Waals surface area contributed by atoms with E-state index in [2.05, 4.69) is 24.8 Å². The molecule has 0 fully saturated rings. The minimum Gasteiger partial charge on any atom is -0.466 e. The van der Waals surface area contributed by atoms with Crippen molar-refractivity contribution in [1.29, 1.82) is 0 Å². The molecule has 0 aliphatic carbocycles. The maximum atomic E-state index is 11.8. The summed E-state index contributed by atoms with van der Waals surface area (Å²) in [6, 6.07) is 3.14. The number of hydrogen-bond acceptors (Lipinski definition) is 7. The van der Waals surface area contributed by atoms with Crippen LogP contribution in [0.5, 0.6) is 0 Å². The average molecular weight is 333 g/mol. The Hall–Kier alpha value is -3.36. The van der Waals surface area contributed by atoms with Crippen molar-refractivity contribution in [2.45, 2.75) is 6.92 Å². The summed E-state index contributed by atoms with van der Waals surface area (Å²) >= 11 is 0. The van der Waals surface area contributed by atoms with Crippen molar-refractivity contribution in [2.24, 2.45) is 0 Å². The highest BCUT2D eigenvalue weighted by Gasteiger charge is 2.14. The number of H-pyrrole nitrogens is 2. The Bertz CT molecular complexity index is 954. The number of aryl methyl sites for hydroxylation is 1. The molecular weight excluding hydrogens is 318 g/mol. The molecule has 126 valence electrons. The average Bonchev–Trinajstić information content (AvgIpc) is 2.55. The first-order valence-electron chi connectivity index (χ1n) is 6.77. The van der Waals surface area contributed by atoms with E-state index in [0.29, 0.717) is 22.3 Å². The minimum absolute atomic E-state index is 0.140. The van der Waals surface area contributed by atoms with Crippen LogP contribution in [0.3, 0.4) is 0 Å². The maximum absolute atomic E-state index is 11.8. The van der Waals surface area contributed by atoms with Crippen LogP contribution in [0.4, 0.5) is 5.69 Å². The molecule has 24 heavy (non-hydrogen) atoms. The predicted molar refractivity (Wildman–Crippen MR) is 85.7 cm³/mol. The van der Waals surface area contributed by atoms with E-state index in [9.17, 15) is 19.2 Å². The Balaban J connectivity index is 2.52. The van der Waals surface area contributed by atoms with Gasteiger partial charge in [0, 0.05) is 5.69 Å². The lowest BCUT2D eigenvalue weighted by molar-refractivity contribution is -0.138. The maximum Gasteiger partial charge on any atom is 0.354 e. The molecule has 9 nitrogen and oxygen atoms in total. The summed E-state index contributed by atoms with van der Waals surface area (Å²) in [5.74, 6) is -1.51. The zero-order chi connectivity index (χ0) is 17.9. The van der Waals surface area contributed by atoms with Crippen molar-refractivity contribution >= 4 is 28.7 Å². The second-order valence-electron chi connectivity index (χ2n) is 4.82. The highest BCUT2D eigenvalue weighted by molar-refractivity contribution is 5.99. The number of carbonyl (C=O) groups excluding carboxylic acids is 2. The fraction of sp³-hybridized carbons (Fsp3) is 0.200. The lowest BCUT2D eigenvalue weighted by Crippen LogP contribution is -2.29. The Morgan fingerprint density at radius 2 is 1.62 bits per heavy atom. The largest absolute Gasteiger partial charge is 0.466 e. The number of methoxy groups -OCH3 is 2. The SMILES string of the molecule is COC(=O)/C=C(/Nc1cc2[nH]c(=O)c(=O)[nH]c2cc1C)C(=O)OC. The van der Waals surface area contributed by atoms with Gasteiger partial charge in [0.1, 0.15) is 5.70 Å². The predicted octanol–water partition coefficient (Wildman–Crippen LogP) is 0.167. The number of rotatable bonds is 4. The van der Waals surface area contributed by atoms with Crippen molar-refractivity contribution < 1.29 is 19.1 Å². The second kappa shape index (κ2) is 6.82. The van der Waals surface area contributed by atoms with Crippen LogP contribution in [0, 0.1) is 6.92 Å². The normalized spacial score (nSPS) is 11.2. The third-order valence-corrected chi connectivity index (χ3v) is 3.21. The lowest BCUT2D eigenvalue weighted by Gasteiger charge is -2.12. The third kappa shape index (κ3) is 3.51. The molecule has 2 rings (SSSR count). The van der Waals surface area contributed by atoms with Gasteiger partial charge in [0.05, 0.1) is 31.3 Å². The van der Waals surface area contributed by atoms with Crippen LogP contribution in [0.15, 0.2) is 33.5 Å². The molecule has 3 N–H and O–H groups in total. The summed E-state index contributed by atoms with van der Waals surface area (Å²) in [5.41, 5.74) is 0.183. The summed E-state index contributed by atoms with van der Waals surface area (Å²) in [4.78, 5) is 50.8. The molecule has 0 aliphatic rings. The van der Waals surface area contributed by atoms with E-state index in [-0.39, 0.29) is 5.70 Å². The highest BCUT2D eigenvalue weighted by atomic mass is 16.5. The van der Waals surface area contributed by atoms with Crippen molar-refractivity contribution in [3.05, 3.63) is 50.2 Å². The molecule has 0 atom stereocenters. The fourth-order valence-electron chi connectivity index (χ4n) is 1.99. The number of nitrogens with one attached hydrogen (secondary N) is 3. The van der Waals surface area contributed by atoms with Crippen LogP contribution in [0.2, 0.25) is 0 Å². The lowest BCUT2D eigenvalue weighted by atomic mass is 10.1. The number of ether oxygens (including phenoxy) is 2. The standard InChI is InChI=1S/C15H15N3O6/c1-7-4-9-10(18-14(21)13(20)17-9)5-8(7)16-11(15(22)24-3)6-12(19)23-2/h4-6,16H,1-3H3,(H,17,20)(H,18,21)/b11-6+. The Labute approximate surface area is 135 Å². The van der Waals surface area contributed by atoms with Gasteiger partial charge in [-0.25, -0.2) is 9.59 Å².